The summed E-state index contributed by atoms with van der Waals surface area (Å²) in [6, 6.07) is 1.82. The fourth-order valence-electron chi connectivity index (χ4n) is 2.13. The van der Waals surface area contributed by atoms with Gasteiger partial charge in [-0.15, -0.1) is 0 Å². The molecule has 1 saturated carbocycles. The van der Waals surface area contributed by atoms with E-state index >= 15 is 0 Å². The van der Waals surface area contributed by atoms with E-state index in [1.165, 1.54) is 0 Å². The number of methoxy groups -OCH3 is 1. The first kappa shape index (κ1) is 11.2. The van der Waals surface area contributed by atoms with Crippen molar-refractivity contribution in [1.82, 2.24) is 0 Å². The van der Waals surface area contributed by atoms with Crippen molar-refractivity contribution in [3.05, 3.63) is 16.1 Å². The summed E-state index contributed by atoms with van der Waals surface area (Å²) in [6.45, 7) is 1.03. The van der Waals surface area contributed by atoms with Crippen molar-refractivity contribution >= 4 is 15.9 Å². The fraction of sp³-hybridized carbons (Fsp3) is 0.500. The average Bonchev–Trinajstić information content (AvgIpc) is 3.06. The van der Waals surface area contributed by atoms with Crippen LogP contribution < -0.4 is 14.2 Å². The van der Waals surface area contributed by atoms with Crippen molar-refractivity contribution in [3.8, 4) is 17.2 Å². The molecule has 3 rings (SSSR count). The zero-order valence-electron chi connectivity index (χ0n) is 9.46. The summed E-state index contributed by atoms with van der Waals surface area (Å²) < 4.78 is 17.3. The lowest BCUT2D eigenvalue weighted by Crippen LogP contribution is -2.20. The van der Waals surface area contributed by atoms with Gasteiger partial charge >= 0.3 is 0 Å². The van der Waals surface area contributed by atoms with E-state index in [0.717, 1.165) is 17.3 Å². The molecule has 0 bridgehead atoms. The number of fused-ring (bicyclic) bond motifs is 1. The number of halogens is 1. The van der Waals surface area contributed by atoms with E-state index in [1.807, 2.05) is 6.07 Å². The molecule has 0 atom stereocenters. The number of benzene rings is 1. The van der Waals surface area contributed by atoms with Gasteiger partial charge in [-0.1, -0.05) is 0 Å². The van der Waals surface area contributed by atoms with Crippen LogP contribution in [0.2, 0.25) is 0 Å². The van der Waals surface area contributed by atoms with Crippen molar-refractivity contribution < 1.29 is 19.3 Å². The summed E-state index contributed by atoms with van der Waals surface area (Å²) in [4.78, 5) is 0. The minimum absolute atomic E-state index is 0.501. The van der Waals surface area contributed by atoms with Crippen LogP contribution in [0, 0.1) is 0 Å². The molecule has 0 saturated heterocycles. The monoisotopic (exact) mass is 300 g/mol. The maximum Gasteiger partial charge on any atom is 0.171 e. The van der Waals surface area contributed by atoms with Crippen molar-refractivity contribution in [2.24, 2.45) is 0 Å². The number of ether oxygens (including phenoxy) is 3. The molecule has 0 unspecified atom stereocenters. The van der Waals surface area contributed by atoms with Gasteiger partial charge in [-0.2, -0.15) is 0 Å². The Morgan fingerprint density at radius 2 is 2.06 bits per heavy atom. The molecule has 1 aromatic carbocycles. The zero-order valence-corrected chi connectivity index (χ0v) is 11.0. The van der Waals surface area contributed by atoms with Gasteiger partial charge in [0.25, 0.3) is 0 Å². The van der Waals surface area contributed by atoms with Crippen LogP contribution in [-0.2, 0) is 5.60 Å². The van der Waals surface area contributed by atoms with E-state index in [1.54, 1.807) is 7.11 Å². The highest BCUT2D eigenvalue weighted by molar-refractivity contribution is 9.10. The van der Waals surface area contributed by atoms with Crippen LogP contribution in [0.25, 0.3) is 0 Å². The van der Waals surface area contributed by atoms with Gasteiger partial charge in [0.15, 0.2) is 11.5 Å². The Morgan fingerprint density at radius 1 is 1.35 bits per heavy atom. The van der Waals surface area contributed by atoms with Gasteiger partial charge < -0.3 is 19.3 Å². The third kappa shape index (κ3) is 1.68. The lowest BCUT2D eigenvalue weighted by atomic mass is 10.0. The molecule has 1 fully saturated rings. The normalized spacial score (nSPS) is 19.9. The molecule has 4 nitrogen and oxygen atoms in total. The second kappa shape index (κ2) is 3.78. The van der Waals surface area contributed by atoms with E-state index in [4.69, 9.17) is 14.2 Å². The number of hydrogen-bond acceptors (Lipinski definition) is 4. The summed E-state index contributed by atoms with van der Waals surface area (Å²) in [5, 5.41) is 10.4. The lowest BCUT2D eigenvalue weighted by Gasteiger charge is -2.25. The first-order valence-corrected chi connectivity index (χ1v) is 6.34. The third-order valence-electron chi connectivity index (χ3n) is 3.13. The van der Waals surface area contributed by atoms with Gasteiger partial charge in [0, 0.05) is 6.07 Å². The molecule has 1 heterocycles. The van der Waals surface area contributed by atoms with Gasteiger partial charge in [0.05, 0.1) is 22.7 Å². The SMILES string of the molecule is COc1c(Br)cc2c(c1C1(O)CC1)OCCO2. The minimum atomic E-state index is -0.820. The quantitative estimate of drug-likeness (QED) is 0.910. The highest BCUT2D eigenvalue weighted by Gasteiger charge is 2.48. The van der Waals surface area contributed by atoms with Crippen LogP contribution in [-0.4, -0.2) is 25.4 Å². The second-order valence-corrected chi connectivity index (χ2v) is 5.18. The van der Waals surface area contributed by atoms with Crippen molar-refractivity contribution in [2.75, 3.05) is 20.3 Å². The van der Waals surface area contributed by atoms with Crippen molar-refractivity contribution in [3.63, 3.8) is 0 Å². The predicted molar refractivity (Wildman–Crippen MR) is 64.8 cm³/mol. The van der Waals surface area contributed by atoms with Crippen LogP contribution in [0.3, 0.4) is 0 Å². The first-order chi connectivity index (χ1) is 8.15. The summed E-state index contributed by atoms with van der Waals surface area (Å²) in [6.07, 6.45) is 1.46. The van der Waals surface area contributed by atoms with E-state index < -0.39 is 5.60 Å². The standard InChI is InChI=1S/C12H13BrO4/c1-15-10-7(13)6-8-11(17-5-4-16-8)9(10)12(14)2-3-12/h6,14H,2-5H2,1H3. The summed E-state index contributed by atoms with van der Waals surface area (Å²) in [5.41, 5.74) is -0.107. The maximum absolute atomic E-state index is 10.4. The van der Waals surface area contributed by atoms with Gasteiger partial charge in [-0.3, -0.25) is 0 Å². The third-order valence-corrected chi connectivity index (χ3v) is 3.72. The van der Waals surface area contributed by atoms with Gasteiger partial charge in [-0.05, 0) is 28.8 Å². The molecule has 0 spiro atoms. The highest BCUT2D eigenvalue weighted by Crippen LogP contribution is 2.57. The highest BCUT2D eigenvalue weighted by atomic mass is 79.9. The molecule has 92 valence electrons. The van der Waals surface area contributed by atoms with Gasteiger partial charge in [0.2, 0.25) is 0 Å². The first-order valence-electron chi connectivity index (χ1n) is 5.55. The molecule has 17 heavy (non-hydrogen) atoms. The molecule has 1 aromatic rings. The fourth-order valence-corrected chi connectivity index (χ4v) is 2.70. The molecule has 2 aliphatic rings. The van der Waals surface area contributed by atoms with Crippen LogP contribution in [0.5, 0.6) is 17.2 Å². The number of aliphatic hydroxyl groups is 1. The van der Waals surface area contributed by atoms with Gasteiger partial charge in [-0.25, -0.2) is 0 Å². The lowest BCUT2D eigenvalue weighted by molar-refractivity contribution is 0.126. The van der Waals surface area contributed by atoms with Crippen LogP contribution >= 0.6 is 15.9 Å². The Hall–Kier alpha value is -0.940. The summed E-state index contributed by atoms with van der Waals surface area (Å²) >= 11 is 3.43. The Kier molecular flexibility index (Phi) is 2.48. The molecule has 0 radical (unpaired) electrons. The number of hydrogen-bond donors (Lipinski definition) is 1. The van der Waals surface area contributed by atoms with E-state index in [-0.39, 0.29) is 0 Å². The molecule has 1 aliphatic heterocycles. The van der Waals surface area contributed by atoms with E-state index in [2.05, 4.69) is 15.9 Å². The van der Waals surface area contributed by atoms with Crippen LogP contribution in [0.1, 0.15) is 18.4 Å². The molecular formula is C12H13BrO4. The molecule has 1 aliphatic carbocycles. The predicted octanol–water partition coefficient (Wildman–Crippen LogP) is 2.21. The summed E-state index contributed by atoms with van der Waals surface area (Å²) in [7, 11) is 1.59. The van der Waals surface area contributed by atoms with E-state index in [9.17, 15) is 5.11 Å². The molecule has 1 N–H and O–H groups in total. The Morgan fingerprint density at radius 3 is 2.71 bits per heavy atom. The van der Waals surface area contributed by atoms with Crippen molar-refractivity contribution in [2.45, 2.75) is 18.4 Å². The summed E-state index contributed by atoms with van der Waals surface area (Å²) in [5.74, 6) is 1.92. The second-order valence-electron chi connectivity index (χ2n) is 4.32. The minimum Gasteiger partial charge on any atom is -0.495 e. The van der Waals surface area contributed by atoms with E-state index in [0.29, 0.717) is 36.0 Å². The Bertz CT molecular complexity index is 468. The van der Waals surface area contributed by atoms with Crippen LogP contribution in [0.15, 0.2) is 10.5 Å². The topological polar surface area (TPSA) is 47.9 Å². The zero-order chi connectivity index (χ0) is 12.0. The molecular weight excluding hydrogens is 288 g/mol. The van der Waals surface area contributed by atoms with Crippen LogP contribution in [0.4, 0.5) is 0 Å². The smallest absolute Gasteiger partial charge is 0.171 e. The van der Waals surface area contributed by atoms with Gasteiger partial charge in [0.1, 0.15) is 19.0 Å². The Balaban J connectivity index is 2.23. The maximum atomic E-state index is 10.4. The average molecular weight is 301 g/mol. The molecule has 5 heteroatoms. The number of rotatable bonds is 2. The Labute approximate surface area is 108 Å². The van der Waals surface area contributed by atoms with Crippen molar-refractivity contribution in [1.29, 1.82) is 0 Å². The molecule has 0 aromatic heterocycles. The molecule has 0 amide bonds. The largest absolute Gasteiger partial charge is 0.495 e.